The molecule has 1 N–H and O–H groups in total. The fraction of sp³-hybridized carbons (Fsp3) is 0.600. The van der Waals surface area contributed by atoms with E-state index in [0.717, 1.165) is 5.76 Å². The van der Waals surface area contributed by atoms with Gasteiger partial charge in [0.2, 0.25) is 0 Å². The SMILES string of the molecule is Cc1ccc(C(C)NCCC(F)(F)F)o1. The fourth-order valence-corrected chi connectivity index (χ4v) is 1.22. The van der Waals surface area contributed by atoms with Gasteiger partial charge in [0.25, 0.3) is 0 Å². The van der Waals surface area contributed by atoms with Crippen molar-refractivity contribution in [2.24, 2.45) is 0 Å². The van der Waals surface area contributed by atoms with Crippen molar-refractivity contribution in [2.75, 3.05) is 6.54 Å². The Balaban J connectivity index is 2.34. The minimum Gasteiger partial charge on any atom is -0.465 e. The standard InChI is InChI=1S/C10H14F3NO/c1-7-3-4-9(15-7)8(2)14-6-5-10(11,12)13/h3-4,8,14H,5-6H2,1-2H3. The number of furan rings is 1. The van der Waals surface area contributed by atoms with Crippen LogP contribution in [0.25, 0.3) is 0 Å². The summed E-state index contributed by atoms with van der Waals surface area (Å²) in [6.07, 6.45) is -4.93. The molecule has 1 rings (SSSR count). The highest BCUT2D eigenvalue weighted by atomic mass is 19.4. The second kappa shape index (κ2) is 4.70. The first-order valence-electron chi connectivity index (χ1n) is 4.75. The lowest BCUT2D eigenvalue weighted by Gasteiger charge is -2.12. The van der Waals surface area contributed by atoms with Gasteiger partial charge in [-0.3, -0.25) is 0 Å². The zero-order valence-electron chi connectivity index (χ0n) is 8.69. The molecular formula is C10H14F3NO. The molecule has 15 heavy (non-hydrogen) atoms. The van der Waals surface area contributed by atoms with Gasteiger partial charge >= 0.3 is 6.18 Å². The second-order valence-electron chi connectivity index (χ2n) is 3.49. The highest BCUT2D eigenvalue weighted by Gasteiger charge is 2.26. The molecule has 0 amide bonds. The summed E-state index contributed by atoms with van der Waals surface area (Å²) in [5.74, 6) is 1.42. The van der Waals surface area contributed by atoms with Crippen LogP contribution in [-0.2, 0) is 0 Å². The van der Waals surface area contributed by atoms with Crippen LogP contribution in [0.2, 0.25) is 0 Å². The lowest BCUT2D eigenvalue weighted by Crippen LogP contribution is -2.24. The van der Waals surface area contributed by atoms with Crippen LogP contribution in [0.15, 0.2) is 16.5 Å². The van der Waals surface area contributed by atoms with E-state index < -0.39 is 12.6 Å². The van der Waals surface area contributed by atoms with Gasteiger partial charge in [0.05, 0.1) is 12.5 Å². The Bertz CT molecular complexity index is 306. The van der Waals surface area contributed by atoms with E-state index in [1.54, 1.807) is 26.0 Å². The molecule has 86 valence electrons. The van der Waals surface area contributed by atoms with Crippen molar-refractivity contribution in [1.29, 1.82) is 0 Å². The summed E-state index contributed by atoms with van der Waals surface area (Å²) >= 11 is 0. The number of hydrogen-bond donors (Lipinski definition) is 1. The monoisotopic (exact) mass is 221 g/mol. The van der Waals surface area contributed by atoms with Gasteiger partial charge in [0.15, 0.2) is 0 Å². The van der Waals surface area contributed by atoms with Crippen LogP contribution in [0.3, 0.4) is 0 Å². The smallest absolute Gasteiger partial charge is 0.390 e. The van der Waals surface area contributed by atoms with Gasteiger partial charge in [-0.2, -0.15) is 13.2 Å². The summed E-state index contributed by atoms with van der Waals surface area (Å²) in [5.41, 5.74) is 0. The Kier molecular flexibility index (Phi) is 3.79. The molecule has 0 bridgehead atoms. The Morgan fingerprint density at radius 2 is 2.07 bits per heavy atom. The van der Waals surface area contributed by atoms with Crippen LogP contribution >= 0.6 is 0 Å². The van der Waals surface area contributed by atoms with Crippen molar-refractivity contribution in [3.8, 4) is 0 Å². The third-order valence-electron chi connectivity index (χ3n) is 2.05. The summed E-state index contributed by atoms with van der Waals surface area (Å²) in [7, 11) is 0. The van der Waals surface area contributed by atoms with E-state index in [9.17, 15) is 13.2 Å². The topological polar surface area (TPSA) is 25.2 Å². The molecule has 0 aliphatic carbocycles. The summed E-state index contributed by atoms with van der Waals surface area (Å²) in [6, 6.07) is 3.36. The predicted molar refractivity (Wildman–Crippen MR) is 50.5 cm³/mol. The second-order valence-corrected chi connectivity index (χ2v) is 3.49. The van der Waals surface area contributed by atoms with Crippen molar-refractivity contribution in [3.63, 3.8) is 0 Å². The Morgan fingerprint density at radius 1 is 1.40 bits per heavy atom. The normalized spacial score (nSPS) is 14.2. The van der Waals surface area contributed by atoms with Crippen LogP contribution in [-0.4, -0.2) is 12.7 Å². The number of halogens is 3. The Labute approximate surface area is 86.5 Å². The van der Waals surface area contributed by atoms with Crippen LogP contribution in [0, 0.1) is 6.92 Å². The van der Waals surface area contributed by atoms with Crippen LogP contribution in [0.4, 0.5) is 13.2 Å². The number of aryl methyl sites for hydroxylation is 1. The molecule has 1 aromatic heterocycles. The van der Waals surface area contributed by atoms with Gasteiger partial charge in [-0.25, -0.2) is 0 Å². The van der Waals surface area contributed by atoms with Crippen LogP contribution < -0.4 is 5.32 Å². The molecule has 0 spiro atoms. The van der Waals surface area contributed by atoms with E-state index in [2.05, 4.69) is 5.32 Å². The molecule has 0 aliphatic heterocycles. The summed E-state index contributed by atoms with van der Waals surface area (Å²) in [5, 5.41) is 2.76. The van der Waals surface area contributed by atoms with E-state index in [1.807, 2.05) is 0 Å². The van der Waals surface area contributed by atoms with E-state index in [4.69, 9.17) is 4.42 Å². The molecule has 1 atom stereocenters. The first-order valence-corrected chi connectivity index (χ1v) is 4.75. The maximum absolute atomic E-state index is 11.8. The third kappa shape index (κ3) is 4.38. The first kappa shape index (κ1) is 12.1. The minimum absolute atomic E-state index is 0.0928. The van der Waals surface area contributed by atoms with Gasteiger partial charge < -0.3 is 9.73 Å². The number of rotatable bonds is 4. The van der Waals surface area contributed by atoms with Crippen molar-refractivity contribution in [3.05, 3.63) is 23.7 Å². The van der Waals surface area contributed by atoms with Gasteiger partial charge in [-0.15, -0.1) is 0 Å². The lowest BCUT2D eigenvalue weighted by atomic mass is 10.2. The molecule has 0 saturated heterocycles. The molecule has 1 aromatic rings. The largest absolute Gasteiger partial charge is 0.465 e. The van der Waals surface area contributed by atoms with Crippen molar-refractivity contribution >= 4 is 0 Å². The van der Waals surface area contributed by atoms with E-state index in [1.165, 1.54) is 0 Å². The Hall–Kier alpha value is -0.970. The first-order chi connectivity index (χ1) is 6.88. The molecule has 1 heterocycles. The lowest BCUT2D eigenvalue weighted by molar-refractivity contribution is -0.133. The molecular weight excluding hydrogens is 207 g/mol. The van der Waals surface area contributed by atoms with Gasteiger partial charge in [-0.05, 0) is 26.0 Å². The number of hydrogen-bond acceptors (Lipinski definition) is 2. The molecule has 0 fully saturated rings. The zero-order valence-corrected chi connectivity index (χ0v) is 8.69. The molecule has 1 unspecified atom stereocenters. The highest BCUT2D eigenvalue weighted by Crippen LogP contribution is 2.20. The fourth-order valence-electron chi connectivity index (χ4n) is 1.22. The van der Waals surface area contributed by atoms with Gasteiger partial charge in [0, 0.05) is 6.54 Å². The summed E-state index contributed by atoms with van der Waals surface area (Å²) < 4.78 is 40.8. The molecule has 2 nitrogen and oxygen atoms in total. The van der Waals surface area contributed by atoms with E-state index in [-0.39, 0.29) is 12.6 Å². The van der Waals surface area contributed by atoms with E-state index >= 15 is 0 Å². The van der Waals surface area contributed by atoms with E-state index in [0.29, 0.717) is 5.76 Å². The number of alkyl halides is 3. The predicted octanol–water partition coefficient (Wildman–Crippen LogP) is 3.19. The average molecular weight is 221 g/mol. The van der Waals surface area contributed by atoms with Crippen molar-refractivity contribution in [2.45, 2.75) is 32.5 Å². The third-order valence-corrected chi connectivity index (χ3v) is 2.05. The van der Waals surface area contributed by atoms with Gasteiger partial charge in [0.1, 0.15) is 11.5 Å². The molecule has 0 aliphatic rings. The Morgan fingerprint density at radius 3 is 2.53 bits per heavy atom. The minimum atomic E-state index is -4.11. The van der Waals surface area contributed by atoms with Crippen LogP contribution in [0.1, 0.15) is 30.9 Å². The maximum atomic E-state index is 11.8. The highest BCUT2D eigenvalue weighted by molar-refractivity contribution is 5.08. The molecule has 0 radical (unpaired) electrons. The molecule has 0 saturated carbocycles. The molecule has 0 aromatic carbocycles. The maximum Gasteiger partial charge on any atom is 0.390 e. The average Bonchev–Trinajstić information content (AvgIpc) is 2.49. The van der Waals surface area contributed by atoms with Crippen molar-refractivity contribution in [1.82, 2.24) is 5.32 Å². The molecule has 5 heteroatoms. The summed E-state index contributed by atoms with van der Waals surface area (Å²) in [6.45, 7) is 3.48. The van der Waals surface area contributed by atoms with Gasteiger partial charge in [-0.1, -0.05) is 0 Å². The zero-order chi connectivity index (χ0) is 11.5. The number of nitrogens with one attached hydrogen (secondary N) is 1. The summed E-state index contributed by atoms with van der Waals surface area (Å²) in [4.78, 5) is 0. The quantitative estimate of drug-likeness (QED) is 0.844. The van der Waals surface area contributed by atoms with Crippen LogP contribution in [0.5, 0.6) is 0 Å². The van der Waals surface area contributed by atoms with Crippen molar-refractivity contribution < 1.29 is 17.6 Å².